The molecule has 1 saturated carbocycles. The highest BCUT2D eigenvalue weighted by Crippen LogP contribution is 2.64. The van der Waals surface area contributed by atoms with E-state index in [2.05, 4.69) is 14.8 Å². The van der Waals surface area contributed by atoms with E-state index < -0.39 is 17.3 Å². The molecule has 1 spiro atoms. The molecular formula is C34H34Cl2FN5O2. The number of likely N-dealkylation sites (tertiary alicyclic amines) is 1. The quantitative estimate of drug-likeness (QED) is 0.262. The minimum Gasteiger partial charge on any atom is -0.345 e. The number of imidazole rings is 1. The number of hydrogen-bond acceptors (Lipinski definition) is 4. The molecule has 10 heteroatoms. The highest BCUT2D eigenvalue weighted by molar-refractivity contribution is 6.31. The van der Waals surface area contributed by atoms with E-state index in [1.807, 2.05) is 30.3 Å². The Morgan fingerprint density at radius 3 is 2.66 bits per heavy atom. The van der Waals surface area contributed by atoms with Crippen molar-refractivity contribution in [2.24, 2.45) is 5.92 Å². The molecule has 0 unspecified atom stereocenters. The summed E-state index contributed by atoms with van der Waals surface area (Å²) in [4.78, 5) is 36.4. The fourth-order valence-corrected chi connectivity index (χ4v) is 8.34. The molecule has 2 amide bonds. The molecule has 2 fully saturated rings. The summed E-state index contributed by atoms with van der Waals surface area (Å²) < 4.78 is 18.4. The van der Waals surface area contributed by atoms with Crippen LogP contribution in [0.1, 0.15) is 65.8 Å². The van der Waals surface area contributed by atoms with Crippen LogP contribution in [0, 0.1) is 11.7 Å². The van der Waals surface area contributed by atoms with E-state index in [0.29, 0.717) is 39.8 Å². The first-order chi connectivity index (χ1) is 20.7. The van der Waals surface area contributed by atoms with Crippen molar-refractivity contribution in [3.63, 3.8) is 0 Å². The highest BCUT2D eigenvalue weighted by Gasteiger charge is 2.69. The average molecular weight is 635 g/mol. The molecule has 1 aliphatic carbocycles. The summed E-state index contributed by atoms with van der Waals surface area (Å²) in [5, 5.41) is 3.68. The normalized spacial score (nSPS) is 25.4. The zero-order valence-corrected chi connectivity index (χ0v) is 25.3. The van der Waals surface area contributed by atoms with Gasteiger partial charge in [-0.2, -0.15) is 0 Å². The number of aryl methyl sites for hydroxylation is 1. The van der Waals surface area contributed by atoms with Crippen LogP contribution < -0.4 is 5.32 Å². The van der Waals surface area contributed by atoms with E-state index in [4.69, 9.17) is 28.2 Å². The van der Waals surface area contributed by atoms with Crippen LogP contribution in [0.3, 0.4) is 0 Å². The number of amides is 2. The molecule has 1 N–H and O–H groups in total. The van der Waals surface area contributed by atoms with Crippen molar-refractivity contribution < 1.29 is 14.0 Å². The van der Waals surface area contributed by atoms with Gasteiger partial charge in [0.2, 0.25) is 5.91 Å². The third-order valence-corrected chi connectivity index (χ3v) is 10.4. The Morgan fingerprint density at radius 1 is 1.11 bits per heavy atom. The maximum atomic E-state index is 16.2. The SMILES string of the molecule is C.CN(C)C(=O)c1ccc2c(c1)nc1n2CC[C@H]2[C@@H]1[C@H](c1cccc(Cl)c1F)[C@]1(C(=O)Nc3cc(Cl)ccc31)N2CC1CC1. The molecule has 8 rings (SSSR count). The summed E-state index contributed by atoms with van der Waals surface area (Å²) in [6.45, 7) is 1.43. The van der Waals surface area contributed by atoms with E-state index >= 15 is 4.39 Å². The Bertz CT molecular complexity index is 1850. The number of nitrogens with one attached hydrogen (secondary N) is 1. The topological polar surface area (TPSA) is 70.5 Å². The number of benzene rings is 3. The molecule has 44 heavy (non-hydrogen) atoms. The van der Waals surface area contributed by atoms with E-state index in [0.717, 1.165) is 42.7 Å². The first kappa shape index (κ1) is 29.3. The van der Waals surface area contributed by atoms with Crippen molar-refractivity contribution in [1.82, 2.24) is 19.4 Å². The Hall–Kier alpha value is -3.46. The summed E-state index contributed by atoms with van der Waals surface area (Å²) in [6.07, 6.45) is 2.98. The van der Waals surface area contributed by atoms with Gasteiger partial charge in [-0.3, -0.25) is 14.5 Å². The molecule has 1 saturated heterocycles. The maximum Gasteiger partial charge on any atom is 0.253 e. The summed E-state index contributed by atoms with van der Waals surface area (Å²) in [5.74, 6) is -0.432. The van der Waals surface area contributed by atoms with Crippen LogP contribution in [0.2, 0.25) is 10.0 Å². The second kappa shape index (κ2) is 10.3. The molecular weight excluding hydrogens is 600 g/mol. The van der Waals surface area contributed by atoms with Crippen LogP contribution in [0.25, 0.3) is 11.0 Å². The summed E-state index contributed by atoms with van der Waals surface area (Å²) in [7, 11) is 3.45. The Morgan fingerprint density at radius 2 is 1.91 bits per heavy atom. The summed E-state index contributed by atoms with van der Waals surface area (Å²) >= 11 is 12.8. The van der Waals surface area contributed by atoms with E-state index in [-0.39, 0.29) is 36.2 Å². The van der Waals surface area contributed by atoms with Crippen molar-refractivity contribution in [2.75, 3.05) is 26.0 Å². The van der Waals surface area contributed by atoms with Gasteiger partial charge in [0.25, 0.3) is 5.91 Å². The molecule has 4 heterocycles. The lowest BCUT2D eigenvalue weighted by Crippen LogP contribution is -2.53. The van der Waals surface area contributed by atoms with Crippen molar-refractivity contribution in [3.05, 3.63) is 93.0 Å². The van der Waals surface area contributed by atoms with Gasteiger partial charge >= 0.3 is 0 Å². The number of aromatic nitrogens is 2. The lowest BCUT2D eigenvalue weighted by molar-refractivity contribution is -0.128. The van der Waals surface area contributed by atoms with Gasteiger partial charge in [0.15, 0.2) is 0 Å². The van der Waals surface area contributed by atoms with Gasteiger partial charge < -0.3 is 14.8 Å². The lowest BCUT2D eigenvalue weighted by atomic mass is 9.70. The number of nitrogens with zero attached hydrogens (tertiary/aromatic N) is 4. The number of fused-ring (bicyclic) bond motifs is 7. The fraction of sp³-hybridized carbons (Fsp3) is 0.382. The minimum atomic E-state index is -1.18. The van der Waals surface area contributed by atoms with Crippen molar-refractivity contribution in [3.8, 4) is 0 Å². The van der Waals surface area contributed by atoms with Gasteiger partial charge in [-0.05, 0) is 67.1 Å². The Balaban J connectivity index is 0.00000312. The molecule has 228 valence electrons. The molecule has 0 bridgehead atoms. The van der Waals surface area contributed by atoms with Gasteiger partial charge in [0.05, 0.1) is 16.1 Å². The standard InChI is InChI=1S/C33H30Cl2FN5O2.CH4/c1-39(2)31(42)18-8-11-25-24(14-18)37-30-27-26(12-13-40(25)30)41(16-17-6-7-17)33(28(27)20-4-3-5-22(35)29(20)36)21-10-9-19(34)15-23(21)38-32(33)43;/h3-5,8-11,14-15,17,26-28H,6-7,12-13,16H2,1-2H3,(H,38,43);1H4/t26-,27+,28-,33+;/m0./s1. The van der Waals surface area contributed by atoms with Crippen LogP contribution in [0.15, 0.2) is 54.6 Å². The van der Waals surface area contributed by atoms with Crippen LogP contribution in [-0.2, 0) is 16.9 Å². The van der Waals surface area contributed by atoms with Crippen LogP contribution in [0.5, 0.6) is 0 Å². The predicted octanol–water partition coefficient (Wildman–Crippen LogP) is 7.03. The van der Waals surface area contributed by atoms with Crippen molar-refractivity contribution in [2.45, 2.75) is 56.7 Å². The zero-order chi connectivity index (χ0) is 29.8. The van der Waals surface area contributed by atoms with Gasteiger partial charge in [0.1, 0.15) is 17.2 Å². The number of carbonyl (C=O) groups excluding carboxylic acids is 2. The van der Waals surface area contributed by atoms with Crippen LogP contribution in [0.4, 0.5) is 10.1 Å². The number of carbonyl (C=O) groups is 2. The predicted molar refractivity (Wildman–Crippen MR) is 171 cm³/mol. The number of anilines is 1. The van der Waals surface area contributed by atoms with Gasteiger partial charge in [0, 0.05) is 66.9 Å². The second-order valence-electron chi connectivity index (χ2n) is 12.5. The molecule has 4 atom stereocenters. The molecule has 4 aliphatic rings. The lowest BCUT2D eigenvalue weighted by Gasteiger charge is -2.40. The van der Waals surface area contributed by atoms with Gasteiger partial charge in [-0.25, -0.2) is 9.37 Å². The third kappa shape index (κ3) is 4.00. The molecule has 4 aromatic rings. The number of rotatable bonds is 4. The monoisotopic (exact) mass is 633 g/mol. The van der Waals surface area contributed by atoms with Crippen LogP contribution in [-0.4, -0.2) is 57.8 Å². The van der Waals surface area contributed by atoms with Gasteiger partial charge in [-0.1, -0.05) is 48.8 Å². The van der Waals surface area contributed by atoms with Crippen molar-refractivity contribution >= 4 is 51.7 Å². The number of hydrogen-bond donors (Lipinski definition) is 1. The fourth-order valence-electron chi connectivity index (χ4n) is 7.99. The van der Waals surface area contributed by atoms with E-state index in [1.165, 1.54) is 0 Å². The Labute approximate surface area is 265 Å². The summed E-state index contributed by atoms with van der Waals surface area (Å²) in [6, 6.07) is 16.1. The molecule has 0 radical (unpaired) electrons. The molecule has 3 aliphatic heterocycles. The Kier molecular flexibility index (Phi) is 6.84. The average Bonchev–Trinajstić information content (AvgIpc) is 3.57. The van der Waals surface area contributed by atoms with E-state index in [1.54, 1.807) is 43.3 Å². The van der Waals surface area contributed by atoms with Crippen LogP contribution >= 0.6 is 23.2 Å². The largest absolute Gasteiger partial charge is 0.345 e. The maximum absolute atomic E-state index is 16.2. The van der Waals surface area contributed by atoms with E-state index in [9.17, 15) is 9.59 Å². The first-order valence-corrected chi connectivity index (χ1v) is 15.5. The smallest absolute Gasteiger partial charge is 0.253 e. The summed E-state index contributed by atoms with van der Waals surface area (Å²) in [5.41, 5.74) is 2.89. The molecule has 1 aromatic heterocycles. The zero-order valence-electron chi connectivity index (χ0n) is 23.8. The highest BCUT2D eigenvalue weighted by atomic mass is 35.5. The first-order valence-electron chi connectivity index (χ1n) is 14.7. The second-order valence-corrected chi connectivity index (χ2v) is 13.4. The van der Waals surface area contributed by atoms with Crippen molar-refractivity contribution in [1.29, 1.82) is 0 Å². The third-order valence-electron chi connectivity index (χ3n) is 9.91. The minimum absolute atomic E-state index is 0. The van der Waals surface area contributed by atoms with Gasteiger partial charge in [-0.15, -0.1) is 0 Å². The molecule has 3 aromatic carbocycles. The number of halogens is 3. The molecule has 7 nitrogen and oxygen atoms in total.